The molecule has 0 aliphatic rings. The number of carbonyl (C=O) groups is 3. The van der Waals surface area contributed by atoms with Crippen molar-refractivity contribution in [3.63, 3.8) is 0 Å². The molecule has 0 fully saturated rings. The zero-order valence-electron chi connectivity index (χ0n) is 19.4. The lowest BCUT2D eigenvalue weighted by atomic mass is 10.2. The van der Waals surface area contributed by atoms with E-state index in [2.05, 4.69) is 20.7 Å². The van der Waals surface area contributed by atoms with E-state index in [0.29, 0.717) is 4.68 Å². The van der Waals surface area contributed by atoms with Crippen LogP contribution in [0, 0.1) is 11.6 Å². The van der Waals surface area contributed by atoms with Crippen LogP contribution in [-0.2, 0) is 19.6 Å². The van der Waals surface area contributed by atoms with Gasteiger partial charge in [-0.3, -0.25) is 14.4 Å². The lowest BCUT2D eigenvalue weighted by Gasteiger charge is -2.15. The van der Waals surface area contributed by atoms with Gasteiger partial charge in [0.15, 0.2) is 0 Å². The van der Waals surface area contributed by atoms with Crippen LogP contribution in [-0.4, -0.2) is 53.0 Å². The Labute approximate surface area is 209 Å². The Morgan fingerprint density at radius 1 is 1.00 bits per heavy atom. The molecule has 1 aromatic heterocycles. The van der Waals surface area contributed by atoms with Crippen LogP contribution in [0.3, 0.4) is 0 Å². The highest BCUT2D eigenvalue weighted by molar-refractivity contribution is 7.90. The Hall–Kier alpha value is -4.44. The summed E-state index contributed by atoms with van der Waals surface area (Å²) in [6.07, 6.45) is 0. The number of nitrogens with two attached hydrogens (primary N) is 2. The number of sulfonamides is 1. The summed E-state index contributed by atoms with van der Waals surface area (Å²) < 4.78 is 55.3. The number of halogens is 2. The molecule has 0 radical (unpaired) electrons. The van der Waals surface area contributed by atoms with Crippen molar-refractivity contribution < 1.29 is 31.6 Å². The lowest BCUT2D eigenvalue weighted by Crippen LogP contribution is -2.50. The van der Waals surface area contributed by atoms with Gasteiger partial charge in [-0.15, -0.1) is 5.10 Å². The summed E-state index contributed by atoms with van der Waals surface area (Å²) >= 11 is 0. The van der Waals surface area contributed by atoms with Gasteiger partial charge in [0.2, 0.25) is 17.8 Å². The van der Waals surface area contributed by atoms with Gasteiger partial charge >= 0.3 is 0 Å². The highest BCUT2D eigenvalue weighted by Gasteiger charge is 2.25. The van der Waals surface area contributed by atoms with Crippen LogP contribution < -0.4 is 26.8 Å². The highest BCUT2D eigenvalue weighted by atomic mass is 32.2. The number of aromatic nitrogens is 3. The largest absolute Gasteiger partial charge is 0.368 e. The van der Waals surface area contributed by atoms with Crippen molar-refractivity contribution in [3.8, 4) is 0 Å². The van der Waals surface area contributed by atoms with Crippen LogP contribution >= 0.6 is 0 Å². The van der Waals surface area contributed by atoms with Gasteiger partial charge in [-0.05, 0) is 50.2 Å². The van der Waals surface area contributed by atoms with E-state index in [4.69, 9.17) is 11.5 Å². The van der Waals surface area contributed by atoms with Crippen LogP contribution in [0.2, 0.25) is 0 Å². The second-order valence-electron chi connectivity index (χ2n) is 7.75. The molecule has 7 N–H and O–H groups in total. The van der Waals surface area contributed by atoms with Gasteiger partial charge in [0, 0.05) is 5.69 Å². The summed E-state index contributed by atoms with van der Waals surface area (Å²) in [6, 6.07) is 5.76. The second kappa shape index (κ2) is 10.7. The van der Waals surface area contributed by atoms with Crippen LogP contribution in [0.5, 0.6) is 0 Å². The van der Waals surface area contributed by atoms with E-state index in [0.717, 1.165) is 30.3 Å². The maximum atomic E-state index is 13.9. The molecule has 196 valence electrons. The zero-order valence-corrected chi connectivity index (χ0v) is 20.2. The molecule has 16 heteroatoms. The number of nitrogens with zero attached hydrogens (tertiary/aromatic N) is 3. The second-order valence-corrected chi connectivity index (χ2v) is 9.43. The van der Waals surface area contributed by atoms with E-state index in [1.807, 2.05) is 4.72 Å². The Balaban J connectivity index is 1.71. The molecule has 2 aromatic carbocycles. The quantitative estimate of drug-likeness (QED) is 0.265. The summed E-state index contributed by atoms with van der Waals surface area (Å²) in [5, 5.41) is 8.74. The third-order valence-electron chi connectivity index (χ3n) is 4.82. The molecule has 0 aliphatic heterocycles. The topological polar surface area (TPSA) is 204 Å². The van der Waals surface area contributed by atoms with E-state index in [-0.39, 0.29) is 16.5 Å². The molecule has 13 nitrogen and oxygen atoms in total. The summed E-state index contributed by atoms with van der Waals surface area (Å²) in [7, 11) is -4.28. The minimum Gasteiger partial charge on any atom is -0.368 e. The zero-order chi connectivity index (χ0) is 27.5. The first-order chi connectivity index (χ1) is 17.3. The smallest absolute Gasteiger partial charge is 0.287 e. The van der Waals surface area contributed by atoms with E-state index >= 15 is 0 Å². The van der Waals surface area contributed by atoms with Gasteiger partial charge in [0.05, 0.1) is 10.9 Å². The van der Waals surface area contributed by atoms with Crippen LogP contribution in [0.1, 0.15) is 24.2 Å². The lowest BCUT2D eigenvalue weighted by molar-refractivity contribution is -0.128. The SMILES string of the molecule is C[C@H](N)C(=O)N[C@@H](C)C(=O)NS(=O)(=O)c1ccc(Nc2nc(N)n(C(=O)c3c(F)cccc3F)n2)cc1. The van der Waals surface area contributed by atoms with Crippen LogP contribution in [0.4, 0.5) is 26.4 Å². The Bertz CT molecular complexity index is 1440. The Morgan fingerprint density at radius 3 is 2.16 bits per heavy atom. The molecule has 0 saturated carbocycles. The first-order valence-corrected chi connectivity index (χ1v) is 12.0. The molecule has 0 aliphatic carbocycles. The van der Waals surface area contributed by atoms with Crippen molar-refractivity contribution in [2.45, 2.75) is 30.8 Å². The number of benzene rings is 2. The number of nitrogen functional groups attached to an aromatic ring is 1. The van der Waals surface area contributed by atoms with Crippen LogP contribution in [0.25, 0.3) is 0 Å². The molecule has 3 rings (SSSR count). The van der Waals surface area contributed by atoms with Crippen LogP contribution in [0.15, 0.2) is 47.4 Å². The summed E-state index contributed by atoms with van der Waals surface area (Å²) in [5.74, 6) is -5.68. The highest BCUT2D eigenvalue weighted by Crippen LogP contribution is 2.20. The van der Waals surface area contributed by atoms with Crippen molar-refractivity contribution in [2.75, 3.05) is 11.1 Å². The summed E-state index contributed by atoms with van der Waals surface area (Å²) in [5.41, 5.74) is 10.5. The standard InChI is InChI=1S/C21H22F2N8O5S/c1-10(24)17(32)26-11(2)18(33)30-37(35,36)13-8-6-12(7-9-13)27-21-28-20(25)31(29-21)19(34)16-14(22)4-3-5-15(16)23/h3-11H,24H2,1-2H3,(H,26,32)(H,30,33)(H3,25,27,28,29)/t10-,11-/m0/s1. The predicted octanol–water partition coefficient (Wildman–Crippen LogP) is 0.227. The third kappa shape index (κ3) is 6.22. The molecular weight excluding hydrogens is 514 g/mol. The number of anilines is 3. The summed E-state index contributed by atoms with van der Waals surface area (Å²) in [4.78, 5) is 39.8. The van der Waals surface area contributed by atoms with E-state index in [1.165, 1.54) is 26.0 Å². The monoisotopic (exact) mass is 536 g/mol. The van der Waals surface area contributed by atoms with Crippen molar-refractivity contribution in [1.82, 2.24) is 24.8 Å². The summed E-state index contributed by atoms with van der Waals surface area (Å²) in [6.45, 7) is 2.70. The molecule has 2 atom stereocenters. The molecular formula is C21H22F2N8O5S. The van der Waals surface area contributed by atoms with E-state index in [1.54, 1.807) is 0 Å². The number of hydrogen-bond donors (Lipinski definition) is 5. The fourth-order valence-corrected chi connectivity index (χ4v) is 3.93. The minimum atomic E-state index is -4.28. The predicted molar refractivity (Wildman–Crippen MR) is 127 cm³/mol. The number of nitrogens with one attached hydrogen (secondary N) is 3. The Kier molecular flexibility index (Phi) is 7.83. The van der Waals surface area contributed by atoms with Crippen molar-refractivity contribution >= 4 is 45.3 Å². The van der Waals surface area contributed by atoms with Gasteiger partial charge in [-0.25, -0.2) is 21.9 Å². The fourth-order valence-electron chi connectivity index (χ4n) is 2.87. The van der Waals surface area contributed by atoms with E-state index in [9.17, 15) is 31.6 Å². The molecule has 3 aromatic rings. The number of amides is 2. The Morgan fingerprint density at radius 2 is 1.59 bits per heavy atom. The van der Waals surface area contributed by atoms with Gasteiger partial charge in [-0.2, -0.15) is 9.67 Å². The molecule has 0 bridgehead atoms. The van der Waals surface area contributed by atoms with Crippen molar-refractivity contribution in [3.05, 3.63) is 59.7 Å². The molecule has 0 saturated heterocycles. The van der Waals surface area contributed by atoms with Gasteiger partial charge in [0.25, 0.3) is 21.8 Å². The van der Waals surface area contributed by atoms with Gasteiger partial charge in [-0.1, -0.05) is 6.07 Å². The van der Waals surface area contributed by atoms with E-state index < -0.39 is 63.0 Å². The number of rotatable bonds is 8. The number of hydrogen-bond acceptors (Lipinski definition) is 10. The maximum absolute atomic E-state index is 13.9. The maximum Gasteiger partial charge on any atom is 0.287 e. The minimum absolute atomic E-state index is 0.217. The van der Waals surface area contributed by atoms with Gasteiger partial charge in [0.1, 0.15) is 23.2 Å². The van der Waals surface area contributed by atoms with Crippen molar-refractivity contribution in [1.29, 1.82) is 0 Å². The molecule has 37 heavy (non-hydrogen) atoms. The first-order valence-electron chi connectivity index (χ1n) is 10.5. The first kappa shape index (κ1) is 27.2. The molecule has 0 spiro atoms. The average Bonchev–Trinajstić information content (AvgIpc) is 3.18. The molecule has 2 amide bonds. The average molecular weight is 537 g/mol. The van der Waals surface area contributed by atoms with Gasteiger partial charge < -0.3 is 22.1 Å². The number of carbonyl (C=O) groups excluding carboxylic acids is 3. The molecule has 1 heterocycles. The third-order valence-corrected chi connectivity index (χ3v) is 6.19. The van der Waals surface area contributed by atoms with Crippen molar-refractivity contribution in [2.24, 2.45) is 5.73 Å². The molecule has 0 unspecified atom stereocenters. The normalized spacial score (nSPS) is 12.9. The fraction of sp³-hybridized carbons (Fsp3) is 0.190.